The van der Waals surface area contributed by atoms with Crippen LogP contribution in [-0.4, -0.2) is 29.8 Å². The summed E-state index contributed by atoms with van der Waals surface area (Å²) >= 11 is 1.89. The van der Waals surface area contributed by atoms with E-state index >= 15 is 0 Å². The average Bonchev–Trinajstić information content (AvgIpc) is 2.30. The molecule has 0 heterocycles. The monoisotopic (exact) mass is 239 g/mol. The predicted octanol–water partition coefficient (Wildman–Crippen LogP) is 2.20. The van der Waals surface area contributed by atoms with Crippen LogP contribution in [0, 0.1) is 6.92 Å². The second kappa shape index (κ2) is 8.62. The Labute approximate surface area is 102 Å². The lowest BCUT2D eigenvalue weighted by atomic mass is 10.1. The fourth-order valence-electron chi connectivity index (χ4n) is 1.44. The molecule has 16 heavy (non-hydrogen) atoms. The topological polar surface area (TPSA) is 32.3 Å². The molecule has 0 saturated carbocycles. The van der Waals surface area contributed by atoms with Crippen molar-refractivity contribution in [2.45, 2.75) is 19.9 Å². The summed E-state index contributed by atoms with van der Waals surface area (Å²) in [6.07, 6.45) is 0.905. The molecule has 0 radical (unpaired) electrons. The molecule has 2 nitrogen and oxygen atoms in total. The number of aliphatic hydroxyl groups is 1. The Kier molecular flexibility index (Phi) is 7.30. The third kappa shape index (κ3) is 5.54. The van der Waals surface area contributed by atoms with Crippen LogP contribution in [0.25, 0.3) is 0 Å². The molecule has 1 aromatic rings. The fourth-order valence-corrected chi connectivity index (χ4v) is 2.27. The molecule has 3 heteroatoms. The van der Waals surface area contributed by atoms with E-state index < -0.39 is 0 Å². The highest BCUT2D eigenvalue weighted by molar-refractivity contribution is 7.99. The Balaban J connectivity index is 2.05. The van der Waals surface area contributed by atoms with E-state index in [-0.39, 0.29) is 0 Å². The van der Waals surface area contributed by atoms with Crippen LogP contribution in [0.2, 0.25) is 0 Å². The zero-order valence-electron chi connectivity index (χ0n) is 9.91. The maximum absolute atomic E-state index is 8.62. The van der Waals surface area contributed by atoms with Crippen LogP contribution in [0.5, 0.6) is 0 Å². The minimum absolute atomic E-state index is 0.309. The second-order valence-corrected chi connectivity index (χ2v) is 5.02. The van der Waals surface area contributed by atoms with Gasteiger partial charge in [-0.3, -0.25) is 0 Å². The van der Waals surface area contributed by atoms with Crippen molar-refractivity contribution in [3.05, 3.63) is 35.4 Å². The first kappa shape index (κ1) is 13.6. The summed E-state index contributed by atoms with van der Waals surface area (Å²) in [6.45, 7) is 4.44. The molecule has 0 atom stereocenters. The average molecular weight is 239 g/mol. The molecule has 0 saturated heterocycles. The van der Waals surface area contributed by atoms with Crippen molar-refractivity contribution in [2.24, 2.45) is 0 Å². The molecule has 0 bridgehead atoms. The van der Waals surface area contributed by atoms with Crippen LogP contribution < -0.4 is 5.32 Å². The van der Waals surface area contributed by atoms with Crippen LogP contribution in [0.3, 0.4) is 0 Å². The zero-order chi connectivity index (χ0) is 11.6. The minimum Gasteiger partial charge on any atom is -0.396 e. The predicted molar refractivity (Wildman–Crippen MR) is 71.9 cm³/mol. The Morgan fingerprint density at radius 3 is 2.81 bits per heavy atom. The number of benzene rings is 1. The van der Waals surface area contributed by atoms with Gasteiger partial charge in [0.1, 0.15) is 0 Å². The van der Waals surface area contributed by atoms with Gasteiger partial charge in [0, 0.05) is 25.4 Å². The molecule has 1 rings (SSSR count). The van der Waals surface area contributed by atoms with Crippen molar-refractivity contribution >= 4 is 11.8 Å². The SMILES string of the molecule is Cc1ccccc1CNCCSCCCO. The van der Waals surface area contributed by atoms with Gasteiger partial charge in [0.15, 0.2) is 0 Å². The van der Waals surface area contributed by atoms with Crippen LogP contribution >= 0.6 is 11.8 Å². The molecule has 0 aromatic heterocycles. The number of nitrogens with one attached hydrogen (secondary N) is 1. The quantitative estimate of drug-likeness (QED) is 0.682. The minimum atomic E-state index is 0.309. The molecule has 0 amide bonds. The van der Waals surface area contributed by atoms with Gasteiger partial charge < -0.3 is 10.4 Å². The van der Waals surface area contributed by atoms with Crippen LogP contribution in [0.1, 0.15) is 17.5 Å². The van der Waals surface area contributed by atoms with Gasteiger partial charge in [0.25, 0.3) is 0 Å². The lowest BCUT2D eigenvalue weighted by Gasteiger charge is -2.07. The van der Waals surface area contributed by atoms with Crippen molar-refractivity contribution in [3.8, 4) is 0 Å². The molecule has 0 aliphatic rings. The highest BCUT2D eigenvalue weighted by atomic mass is 32.2. The standard InChI is InChI=1S/C13H21NOS/c1-12-5-2-3-6-13(12)11-14-7-10-16-9-4-8-15/h2-3,5-6,14-15H,4,7-11H2,1H3. The Hall–Kier alpha value is -0.510. The third-order valence-electron chi connectivity index (χ3n) is 2.45. The largest absolute Gasteiger partial charge is 0.396 e. The molecule has 0 fully saturated rings. The van der Waals surface area contributed by atoms with Gasteiger partial charge in [0.05, 0.1) is 0 Å². The van der Waals surface area contributed by atoms with Crippen LogP contribution in [-0.2, 0) is 6.54 Å². The summed E-state index contributed by atoms with van der Waals surface area (Å²) in [5, 5.41) is 12.1. The van der Waals surface area contributed by atoms with Gasteiger partial charge in [-0.05, 0) is 30.2 Å². The van der Waals surface area contributed by atoms with Gasteiger partial charge in [-0.2, -0.15) is 11.8 Å². The molecule has 1 aromatic carbocycles. The smallest absolute Gasteiger partial charge is 0.0438 e. The first-order valence-electron chi connectivity index (χ1n) is 5.78. The number of thioether (sulfide) groups is 1. The van der Waals surface area contributed by atoms with Crippen molar-refractivity contribution in [3.63, 3.8) is 0 Å². The summed E-state index contributed by atoms with van der Waals surface area (Å²) in [7, 11) is 0. The van der Waals surface area contributed by atoms with E-state index in [4.69, 9.17) is 5.11 Å². The highest BCUT2D eigenvalue weighted by Crippen LogP contribution is 2.06. The van der Waals surface area contributed by atoms with E-state index in [1.165, 1.54) is 11.1 Å². The summed E-state index contributed by atoms with van der Waals surface area (Å²) in [5.74, 6) is 2.18. The first-order valence-corrected chi connectivity index (χ1v) is 6.94. The fraction of sp³-hybridized carbons (Fsp3) is 0.538. The van der Waals surface area contributed by atoms with Gasteiger partial charge in [-0.1, -0.05) is 24.3 Å². The van der Waals surface area contributed by atoms with Gasteiger partial charge in [-0.25, -0.2) is 0 Å². The lowest BCUT2D eigenvalue weighted by molar-refractivity contribution is 0.296. The van der Waals surface area contributed by atoms with Gasteiger partial charge in [-0.15, -0.1) is 0 Å². The second-order valence-electron chi connectivity index (χ2n) is 3.79. The number of hydrogen-bond donors (Lipinski definition) is 2. The van der Waals surface area contributed by atoms with Crippen molar-refractivity contribution in [1.82, 2.24) is 5.32 Å². The van der Waals surface area contributed by atoms with Crippen molar-refractivity contribution < 1.29 is 5.11 Å². The summed E-state index contributed by atoms with van der Waals surface area (Å²) in [4.78, 5) is 0. The summed E-state index contributed by atoms with van der Waals surface area (Å²) in [6, 6.07) is 8.47. The third-order valence-corrected chi connectivity index (χ3v) is 3.52. The van der Waals surface area contributed by atoms with Crippen molar-refractivity contribution in [2.75, 3.05) is 24.7 Å². The van der Waals surface area contributed by atoms with E-state index in [2.05, 4.69) is 36.5 Å². The number of aliphatic hydroxyl groups excluding tert-OH is 1. The Morgan fingerprint density at radius 1 is 1.25 bits per heavy atom. The number of aryl methyl sites for hydroxylation is 1. The van der Waals surface area contributed by atoms with Crippen LogP contribution in [0.4, 0.5) is 0 Å². The molecule has 0 aliphatic carbocycles. The lowest BCUT2D eigenvalue weighted by Crippen LogP contribution is -2.17. The molecule has 0 aliphatic heterocycles. The normalized spacial score (nSPS) is 10.6. The van der Waals surface area contributed by atoms with E-state index in [0.717, 1.165) is 31.0 Å². The van der Waals surface area contributed by atoms with Crippen LogP contribution in [0.15, 0.2) is 24.3 Å². The maximum Gasteiger partial charge on any atom is 0.0438 e. The molecular formula is C13H21NOS. The van der Waals surface area contributed by atoms with E-state index in [1.807, 2.05) is 11.8 Å². The number of hydrogen-bond acceptors (Lipinski definition) is 3. The van der Waals surface area contributed by atoms with Gasteiger partial charge >= 0.3 is 0 Å². The molecule has 2 N–H and O–H groups in total. The molecule has 0 spiro atoms. The first-order chi connectivity index (χ1) is 7.84. The molecule has 0 unspecified atom stereocenters. The molecule has 90 valence electrons. The van der Waals surface area contributed by atoms with E-state index in [0.29, 0.717) is 6.61 Å². The van der Waals surface area contributed by atoms with Crippen molar-refractivity contribution in [1.29, 1.82) is 0 Å². The Bertz CT molecular complexity index is 291. The Morgan fingerprint density at radius 2 is 2.06 bits per heavy atom. The molecular weight excluding hydrogens is 218 g/mol. The number of rotatable bonds is 8. The van der Waals surface area contributed by atoms with E-state index in [9.17, 15) is 0 Å². The summed E-state index contributed by atoms with van der Waals surface area (Å²) < 4.78 is 0. The van der Waals surface area contributed by atoms with E-state index in [1.54, 1.807) is 0 Å². The zero-order valence-corrected chi connectivity index (χ0v) is 10.7. The highest BCUT2D eigenvalue weighted by Gasteiger charge is 1.95. The van der Waals surface area contributed by atoms with Gasteiger partial charge in [0.2, 0.25) is 0 Å². The summed E-state index contributed by atoms with van der Waals surface area (Å²) in [5.41, 5.74) is 2.73. The maximum atomic E-state index is 8.62.